The van der Waals surface area contributed by atoms with Crippen molar-refractivity contribution in [3.8, 4) is 0 Å². The van der Waals surface area contributed by atoms with Crippen LogP contribution in [0.25, 0.3) is 0 Å². The summed E-state index contributed by atoms with van der Waals surface area (Å²) in [6, 6.07) is 8.11. The van der Waals surface area contributed by atoms with E-state index in [0.717, 1.165) is 26.1 Å². The average Bonchev–Trinajstić information content (AvgIpc) is 2.58. The molecular weight excluding hydrogens is 292 g/mol. The Morgan fingerprint density at radius 1 is 1.09 bits per heavy atom. The Balaban J connectivity index is 1.65. The summed E-state index contributed by atoms with van der Waals surface area (Å²) in [5.74, 6) is -0.0350. The lowest BCUT2D eigenvalue weighted by molar-refractivity contribution is -0.120. The van der Waals surface area contributed by atoms with Crippen LogP contribution in [0.5, 0.6) is 0 Å². The number of rotatable bonds is 7. The number of nitrogens with zero attached hydrogens (tertiary/aromatic N) is 1. The van der Waals surface area contributed by atoms with Crippen LogP contribution >= 0.6 is 0 Å². The lowest BCUT2D eigenvalue weighted by Gasteiger charge is -2.28. The van der Waals surface area contributed by atoms with Crippen molar-refractivity contribution in [2.45, 2.75) is 26.3 Å². The van der Waals surface area contributed by atoms with Crippen molar-refractivity contribution in [1.82, 2.24) is 20.9 Å². The molecule has 1 heterocycles. The van der Waals surface area contributed by atoms with Gasteiger partial charge in [0.05, 0.1) is 0 Å². The first-order valence-electron chi connectivity index (χ1n) is 8.27. The van der Waals surface area contributed by atoms with Gasteiger partial charge in [-0.2, -0.15) is 0 Å². The highest BCUT2D eigenvalue weighted by molar-refractivity contribution is 5.78. The Labute approximate surface area is 137 Å². The second-order valence-electron chi connectivity index (χ2n) is 5.63. The molecule has 0 aromatic heterocycles. The Morgan fingerprint density at radius 2 is 1.87 bits per heavy atom. The molecular formula is C17H26N4O2. The molecule has 0 bridgehead atoms. The fourth-order valence-corrected chi connectivity index (χ4v) is 2.62. The predicted octanol–water partition coefficient (Wildman–Crippen LogP) is 0.870. The predicted molar refractivity (Wildman–Crippen MR) is 90.1 cm³/mol. The third-order valence-corrected chi connectivity index (χ3v) is 3.92. The van der Waals surface area contributed by atoms with Crippen molar-refractivity contribution >= 4 is 11.9 Å². The first-order valence-corrected chi connectivity index (χ1v) is 8.27. The SMILES string of the molecule is CCNCCNC(=O)CCNC(=O)N1CCc2ccccc2C1. The summed E-state index contributed by atoms with van der Waals surface area (Å²) < 4.78 is 0. The topological polar surface area (TPSA) is 73.5 Å². The third-order valence-electron chi connectivity index (χ3n) is 3.92. The van der Waals surface area contributed by atoms with Crippen LogP contribution in [0.3, 0.4) is 0 Å². The summed E-state index contributed by atoms with van der Waals surface area (Å²) in [6.07, 6.45) is 1.19. The quantitative estimate of drug-likeness (QED) is 0.653. The van der Waals surface area contributed by atoms with Crippen LogP contribution in [0, 0.1) is 0 Å². The molecule has 1 aliphatic heterocycles. The van der Waals surface area contributed by atoms with Gasteiger partial charge in [0.2, 0.25) is 5.91 Å². The zero-order chi connectivity index (χ0) is 16.5. The maximum atomic E-state index is 12.2. The van der Waals surface area contributed by atoms with E-state index in [2.05, 4.69) is 28.1 Å². The molecule has 23 heavy (non-hydrogen) atoms. The highest BCUT2D eigenvalue weighted by Gasteiger charge is 2.19. The molecule has 0 radical (unpaired) electrons. The Morgan fingerprint density at radius 3 is 2.65 bits per heavy atom. The number of benzene rings is 1. The summed E-state index contributed by atoms with van der Waals surface area (Å²) in [4.78, 5) is 25.6. The third kappa shape index (κ3) is 5.56. The van der Waals surface area contributed by atoms with Crippen LogP contribution in [0.2, 0.25) is 0 Å². The van der Waals surface area contributed by atoms with Crippen LogP contribution in [0.1, 0.15) is 24.5 Å². The van der Waals surface area contributed by atoms with Crippen LogP contribution in [-0.4, -0.2) is 49.6 Å². The molecule has 3 amide bonds. The minimum atomic E-state index is -0.0973. The van der Waals surface area contributed by atoms with Crippen molar-refractivity contribution in [3.05, 3.63) is 35.4 Å². The number of fused-ring (bicyclic) bond motifs is 1. The van der Waals surface area contributed by atoms with E-state index in [1.54, 1.807) is 4.90 Å². The van der Waals surface area contributed by atoms with Gasteiger partial charge in [-0.3, -0.25) is 4.79 Å². The summed E-state index contributed by atoms with van der Waals surface area (Å²) >= 11 is 0. The number of hydrogen-bond donors (Lipinski definition) is 3. The molecule has 0 spiro atoms. The van der Waals surface area contributed by atoms with Gasteiger partial charge in [0.25, 0.3) is 0 Å². The Kier molecular flexibility index (Phi) is 6.87. The van der Waals surface area contributed by atoms with Crippen molar-refractivity contribution in [1.29, 1.82) is 0 Å². The molecule has 0 saturated carbocycles. The summed E-state index contributed by atoms with van der Waals surface area (Å²) in [5, 5.41) is 8.78. The molecule has 126 valence electrons. The van der Waals surface area contributed by atoms with E-state index in [4.69, 9.17) is 0 Å². The second-order valence-corrected chi connectivity index (χ2v) is 5.63. The largest absolute Gasteiger partial charge is 0.355 e. The molecule has 1 aromatic rings. The van der Waals surface area contributed by atoms with Gasteiger partial charge in [0.1, 0.15) is 0 Å². The number of carbonyl (C=O) groups excluding carboxylic acids is 2. The van der Waals surface area contributed by atoms with Crippen molar-refractivity contribution in [2.75, 3.05) is 32.7 Å². The van der Waals surface area contributed by atoms with Crippen LogP contribution in [-0.2, 0) is 17.8 Å². The second kappa shape index (κ2) is 9.15. The zero-order valence-corrected chi connectivity index (χ0v) is 13.7. The first-order chi connectivity index (χ1) is 11.2. The molecule has 2 rings (SSSR count). The number of carbonyl (C=O) groups is 2. The summed E-state index contributed by atoms with van der Waals surface area (Å²) in [5.41, 5.74) is 2.52. The average molecular weight is 318 g/mol. The highest BCUT2D eigenvalue weighted by Crippen LogP contribution is 2.18. The molecule has 0 saturated heterocycles. The van der Waals surface area contributed by atoms with E-state index < -0.39 is 0 Å². The minimum absolute atomic E-state index is 0.0350. The smallest absolute Gasteiger partial charge is 0.317 e. The molecule has 1 aromatic carbocycles. The zero-order valence-electron chi connectivity index (χ0n) is 13.7. The molecule has 6 nitrogen and oxygen atoms in total. The normalized spacial score (nSPS) is 13.3. The summed E-state index contributed by atoms with van der Waals surface area (Å²) in [6.45, 7) is 6.02. The van der Waals surface area contributed by atoms with E-state index in [9.17, 15) is 9.59 Å². The van der Waals surface area contributed by atoms with Gasteiger partial charge >= 0.3 is 6.03 Å². The molecule has 0 unspecified atom stereocenters. The molecule has 1 aliphatic rings. The first kappa shape index (κ1) is 17.3. The van der Waals surface area contributed by atoms with Crippen molar-refractivity contribution in [2.24, 2.45) is 0 Å². The minimum Gasteiger partial charge on any atom is -0.355 e. The maximum absolute atomic E-state index is 12.2. The van der Waals surface area contributed by atoms with Crippen molar-refractivity contribution < 1.29 is 9.59 Å². The van der Waals surface area contributed by atoms with E-state index in [1.165, 1.54) is 11.1 Å². The molecule has 6 heteroatoms. The van der Waals surface area contributed by atoms with Gasteiger partial charge in [-0.25, -0.2) is 4.79 Å². The highest BCUT2D eigenvalue weighted by atomic mass is 16.2. The number of likely N-dealkylation sites (N-methyl/N-ethyl adjacent to an activating group) is 1. The fraction of sp³-hybridized carbons (Fsp3) is 0.529. The fourth-order valence-electron chi connectivity index (χ4n) is 2.62. The Hall–Kier alpha value is -2.08. The monoisotopic (exact) mass is 318 g/mol. The molecule has 0 atom stereocenters. The molecule has 0 aliphatic carbocycles. The summed E-state index contributed by atoms with van der Waals surface area (Å²) in [7, 11) is 0. The van der Waals surface area contributed by atoms with Crippen LogP contribution in [0.4, 0.5) is 4.79 Å². The van der Waals surface area contributed by atoms with Crippen LogP contribution in [0.15, 0.2) is 24.3 Å². The standard InChI is InChI=1S/C17H26N4O2/c1-2-18-10-11-19-16(22)7-9-20-17(23)21-12-8-14-5-3-4-6-15(14)13-21/h3-6,18H,2,7-13H2,1H3,(H,19,22)(H,20,23). The van der Waals surface area contributed by atoms with E-state index in [-0.39, 0.29) is 11.9 Å². The van der Waals surface area contributed by atoms with Gasteiger partial charge in [0, 0.05) is 39.1 Å². The molecule has 0 fully saturated rings. The lowest BCUT2D eigenvalue weighted by atomic mass is 10.0. The van der Waals surface area contributed by atoms with Gasteiger partial charge in [-0.15, -0.1) is 0 Å². The van der Waals surface area contributed by atoms with E-state index in [0.29, 0.717) is 26.1 Å². The van der Waals surface area contributed by atoms with Gasteiger partial charge in [-0.05, 0) is 24.1 Å². The number of urea groups is 1. The van der Waals surface area contributed by atoms with E-state index >= 15 is 0 Å². The number of nitrogens with one attached hydrogen (secondary N) is 3. The van der Waals surface area contributed by atoms with Crippen LogP contribution < -0.4 is 16.0 Å². The van der Waals surface area contributed by atoms with Gasteiger partial charge in [0.15, 0.2) is 0 Å². The number of hydrogen-bond acceptors (Lipinski definition) is 3. The Bertz CT molecular complexity index is 533. The lowest BCUT2D eigenvalue weighted by Crippen LogP contribution is -2.43. The van der Waals surface area contributed by atoms with Gasteiger partial charge in [-0.1, -0.05) is 31.2 Å². The number of amides is 3. The maximum Gasteiger partial charge on any atom is 0.317 e. The van der Waals surface area contributed by atoms with Gasteiger partial charge < -0.3 is 20.9 Å². The molecule has 3 N–H and O–H groups in total. The van der Waals surface area contributed by atoms with E-state index in [1.807, 2.05) is 19.1 Å². The van der Waals surface area contributed by atoms with Crippen molar-refractivity contribution in [3.63, 3.8) is 0 Å².